The zero-order valence-electron chi connectivity index (χ0n) is 14.9. The average Bonchev–Trinajstić information content (AvgIpc) is 2.61. The molecule has 0 saturated carbocycles. The number of hydrogen-bond donors (Lipinski definition) is 0. The lowest BCUT2D eigenvalue weighted by molar-refractivity contribution is -0.159. The van der Waals surface area contributed by atoms with Crippen molar-refractivity contribution in [3.63, 3.8) is 0 Å². The summed E-state index contributed by atoms with van der Waals surface area (Å²) in [5.74, 6) is -1.02. The number of para-hydroxylation sites is 2. The molecule has 2 aromatic rings. The highest BCUT2D eigenvalue weighted by Gasteiger charge is 2.38. The van der Waals surface area contributed by atoms with Crippen LogP contribution in [0, 0.1) is 0 Å². The van der Waals surface area contributed by atoms with Crippen molar-refractivity contribution in [2.24, 2.45) is 0 Å². The molecule has 5 nitrogen and oxygen atoms in total. The standard InChI is InChI=1S/C17H17F6N3O2/c1-3-26(12-7-5-6-8-13(12)27-4-2)15-24-9-11(17(21,22)23)14(25-15)28-10-16(18,19)20/h5-9H,3-4,10H2,1-2H3. The van der Waals surface area contributed by atoms with Crippen molar-refractivity contribution in [1.82, 2.24) is 9.97 Å². The molecule has 1 aromatic heterocycles. The first kappa shape index (κ1) is 21.6. The summed E-state index contributed by atoms with van der Waals surface area (Å²) in [5.41, 5.74) is -1.04. The third-order valence-corrected chi connectivity index (χ3v) is 3.43. The van der Waals surface area contributed by atoms with Crippen LogP contribution in [0.1, 0.15) is 19.4 Å². The first-order chi connectivity index (χ1) is 13.1. The smallest absolute Gasteiger partial charge is 0.423 e. The van der Waals surface area contributed by atoms with Crippen molar-refractivity contribution in [1.29, 1.82) is 0 Å². The van der Waals surface area contributed by atoms with Crippen LogP contribution in [0.15, 0.2) is 30.5 Å². The zero-order valence-corrected chi connectivity index (χ0v) is 14.9. The highest BCUT2D eigenvalue weighted by molar-refractivity contribution is 5.65. The predicted octanol–water partition coefficient (Wildman–Crippen LogP) is 4.99. The van der Waals surface area contributed by atoms with Crippen LogP contribution in [0.4, 0.5) is 38.0 Å². The Kier molecular flexibility index (Phi) is 6.57. The van der Waals surface area contributed by atoms with Crippen molar-refractivity contribution in [3.05, 3.63) is 36.0 Å². The van der Waals surface area contributed by atoms with Crippen LogP contribution in [0.25, 0.3) is 0 Å². The lowest BCUT2D eigenvalue weighted by atomic mass is 10.2. The third-order valence-electron chi connectivity index (χ3n) is 3.43. The number of aromatic nitrogens is 2. The molecule has 0 aliphatic carbocycles. The number of alkyl halides is 6. The fourth-order valence-corrected chi connectivity index (χ4v) is 2.32. The van der Waals surface area contributed by atoms with Gasteiger partial charge in [-0.2, -0.15) is 31.3 Å². The normalized spacial score (nSPS) is 12.0. The summed E-state index contributed by atoms with van der Waals surface area (Å²) in [5, 5.41) is 0. The molecule has 0 saturated heterocycles. The van der Waals surface area contributed by atoms with Gasteiger partial charge in [0.25, 0.3) is 0 Å². The molecular weight excluding hydrogens is 392 g/mol. The Labute approximate surface area is 156 Å². The maximum Gasteiger partial charge on any atom is 0.423 e. The number of benzene rings is 1. The van der Waals surface area contributed by atoms with Gasteiger partial charge in [0.05, 0.1) is 12.3 Å². The largest absolute Gasteiger partial charge is 0.492 e. The number of ether oxygens (including phenoxy) is 2. The molecule has 0 radical (unpaired) electrons. The number of rotatable bonds is 7. The van der Waals surface area contributed by atoms with E-state index in [0.717, 1.165) is 0 Å². The highest BCUT2D eigenvalue weighted by atomic mass is 19.4. The second kappa shape index (κ2) is 8.53. The minimum absolute atomic E-state index is 0.216. The minimum Gasteiger partial charge on any atom is -0.492 e. The van der Waals surface area contributed by atoms with Crippen LogP contribution in [0.2, 0.25) is 0 Å². The molecule has 1 heterocycles. The van der Waals surface area contributed by atoms with E-state index in [1.807, 2.05) is 0 Å². The molecule has 0 fully saturated rings. The summed E-state index contributed by atoms with van der Waals surface area (Å²) in [6.07, 6.45) is -9.39. The van der Waals surface area contributed by atoms with Crippen LogP contribution in [-0.2, 0) is 6.18 Å². The van der Waals surface area contributed by atoms with Gasteiger partial charge in [0.1, 0.15) is 11.3 Å². The molecule has 2 rings (SSSR count). The molecule has 0 unspecified atom stereocenters. The van der Waals surface area contributed by atoms with E-state index in [1.54, 1.807) is 38.1 Å². The van der Waals surface area contributed by atoms with Gasteiger partial charge in [-0.15, -0.1) is 0 Å². The number of hydrogen-bond acceptors (Lipinski definition) is 5. The number of nitrogens with zero attached hydrogens (tertiary/aromatic N) is 3. The monoisotopic (exact) mass is 409 g/mol. The molecule has 0 spiro atoms. The summed E-state index contributed by atoms with van der Waals surface area (Å²) >= 11 is 0. The topological polar surface area (TPSA) is 47.5 Å². The molecule has 0 bridgehead atoms. The molecule has 0 aliphatic rings. The summed E-state index contributed by atoms with van der Waals surface area (Å²) in [6.45, 7) is 2.08. The van der Waals surface area contributed by atoms with Crippen LogP contribution >= 0.6 is 0 Å². The van der Waals surface area contributed by atoms with Crippen LogP contribution < -0.4 is 14.4 Å². The van der Waals surface area contributed by atoms with E-state index in [4.69, 9.17) is 4.74 Å². The van der Waals surface area contributed by atoms with Crippen LogP contribution in [-0.4, -0.2) is 35.9 Å². The number of anilines is 2. The Balaban J connectivity index is 2.49. The van der Waals surface area contributed by atoms with Gasteiger partial charge in [0, 0.05) is 12.7 Å². The van der Waals surface area contributed by atoms with Crippen molar-refractivity contribution in [2.45, 2.75) is 26.2 Å². The molecule has 28 heavy (non-hydrogen) atoms. The molecule has 0 amide bonds. The maximum atomic E-state index is 13.1. The summed E-state index contributed by atoms with van der Waals surface area (Å²) in [4.78, 5) is 8.69. The summed E-state index contributed by atoms with van der Waals surface area (Å²) < 4.78 is 86.4. The lowest BCUT2D eigenvalue weighted by Crippen LogP contribution is -2.24. The molecule has 0 atom stereocenters. The zero-order chi connectivity index (χ0) is 20.9. The van der Waals surface area contributed by atoms with Gasteiger partial charge in [-0.3, -0.25) is 0 Å². The van der Waals surface area contributed by atoms with E-state index < -0.39 is 30.4 Å². The molecule has 0 N–H and O–H groups in total. The van der Waals surface area contributed by atoms with Crippen molar-refractivity contribution < 1.29 is 35.8 Å². The van der Waals surface area contributed by atoms with Gasteiger partial charge < -0.3 is 14.4 Å². The number of halogens is 6. The third kappa shape index (κ3) is 5.40. The minimum atomic E-state index is -4.97. The van der Waals surface area contributed by atoms with E-state index in [9.17, 15) is 26.3 Å². The van der Waals surface area contributed by atoms with Gasteiger partial charge in [-0.05, 0) is 26.0 Å². The molecular formula is C17H17F6N3O2. The molecule has 1 aromatic carbocycles. The summed E-state index contributed by atoms with van der Waals surface area (Å²) in [6, 6.07) is 6.65. The Morgan fingerprint density at radius 2 is 1.68 bits per heavy atom. The predicted molar refractivity (Wildman–Crippen MR) is 88.9 cm³/mol. The van der Waals surface area contributed by atoms with Crippen molar-refractivity contribution in [3.8, 4) is 11.6 Å². The Hall–Kier alpha value is -2.72. The van der Waals surface area contributed by atoms with E-state index >= 15 is 0 Å². The SMILES string of the molecule is CCOc1ccccc1N(CC)c1ncc(C(F)(F)F)c(OCC(F)(F)F)n1. The summed E-state index contributed by atoms with van der Waals surface area (Å²) in [7, 11) is 0. The van der Waals surface area contributed by atoms with Crippen LogP contribution in [0.5, 0.6) is 11.6 Å². The Bertz CT molecular complexity index is 795. The van der Waals surface area contributed by atoms with E-state index in [1.165, 1.54) is 4.90 Å². The molecule has 154 valence electrons. The van der Waals surface area contributed by atoms with Gasteiger partial charge in [0.15, 0.2) is 6.61 Å². The van der Waals surface area contributed by atoms with Crippen molar-refractivity contribution >= 4 is 11.6 Å². The second-order valence-corrected chi connectivity index (χ2v) is 5.44. The van der Waals surface area contributed by atoms with E-state index in [0.29, 0.717) is 24.2 Å². The first-order valence-corrected chi connectivity index (χ1v) is 8.20. The molecule has 0 aliphatic heterocycles. The fourth-order valence-electron chi connectivity index (χ4n) is 2.32. The molecule has 11 heteroatoms. The Morgan fingerprint density at radius 3 is 2.25 bits per heavy atom. The quantitative estimate of drug-likeness (QED) is 0.603. The van der Waals surface area contributed by atoms with Crippen molar-refractivity contribution in [2.75, 3.05) is 24.7 Å². The van der Waals surface area contributed by atoms with Gasteiger partial charge in [-0.1, -0.05) is 12.1 Å². The maximum absolute atomic E-state index is 13.1. The van der Waals surface area contributed by atoms with Gasteiger partial charge >= 0.3 is 12.4 Å². The van der Waals surface area contributed by atoms with E-state index in [-0.39, 0.29) is 12.5 Å². The lowest BCUT2D eigenvalue weighted by Gasteiger charge is -2.24. The highest BCUT2D eigenvalue weighted by Crippen LogP contribution is 2.38. The van der Waals surface area contributed by atoms with Gasteiger partial charge in [0.2, 0.25) is 11.8 Å². The average molecular weight is 409 g/mol. The fraction of sp³-hybridized carbons (Fsp3) is 0.412. The van der Waals surface area contributed by atoms with Crippen LogP contribution in [0.3, 0.4) is 0 Å². The Morgan fingerprint density at radius 1 is 1.00 bits per heavy atom. The van der Waals surface area contributed by atoms with Gasteiger partial charge in [-0.25, -0.2) is 4.98 Å². The first-order valence-electron chi connectivity index (χ1n) is 8.20. The van der Waals surface area contributed by atoms with E-state index in [2.05, 4.69) is 14.7 Å². The second-order valence-electron chi connectivity index (χ2n) is 5.44.